The Morgan fingerprint density at radius 1 is 1.17 bits per heavy atom. The fourth-order valence-corrected chi connectivity index (χ4v) is 3.08. The van der Waals surface area contributed by atoms with Gasteiger partial charge in [-0.1, -0.05) is 24.3 Å². The molecule has 1 amide bonds. The first-order valence-electron chi connectivity index (χ1n) is 8.26. The lowest BCUT2D eigenvalue weighted by Gasteiger charge is -2.25. The predicted octanol–water partition coefficient (Wildman–Crippen LogP) is 2.82. The van der Waals surface area contributed by atoms with E-state index in [2.05, 4.69) is 22.8 Å². The molecule has 23 heavy (non-hydrogen) atoms. The number of piperidine rings is 1. The highest BCUT2D eigenvalue weighted by Crippen LogP contribution is 2.25. The van der Waals surface area contributed by atoms with Crippen molar-refractivity contribution in [1.29, 1.82) is 0 Å². The Balaban J connectivity index is 1.74. The monoisotopic (exact) mass is 312 g/mol. The van der Waals surface area contributed by atoms with Gasteiger partial charge in [0.1, 0.15) is 5.75 Å². The van der Waals surface area contributed by atoms with Crippen molar-refractivity contribution in [1.82, 2.24) is 10.6 Å². The summed E-state index contributed by atoms with van der Waals surface area (Å²) in [7, 11) is 1.67. The number of hydrogen-bond acceptors (Lipinski definition) is 3. The largest absolute Gasteiger partial charge is 0.497 e. The number of benzene rings is 2. The van der Waals surface area contributed by atoms with Crippen molar-refractivity contribution in [2.45, 2.75) is 31.7 Å². The molecule has 4 nitrogen and oxygen atoms in total. The highest BCUT2D eigenvalue weighted by Gasteiger charge is 2.20. The maximum absolute atomic E-state index is 12.5. The van der Waals surface area contributed by atoms with Gasteiger partial charge in [-0.3, -0.25) is 4.79 Å². The second-order valence-electron chi connectivity index (χ2n) is 6.23. The third-order valence-corrected chi connectivity index (χ3v) is 4.65. The third-order valence-electron chi connectivity index (χ3n) is 4.65. The lowest BCUT2D eigenvalue weighted by molar-refractivity contribution is -0.123. The fourth-order valence-electron chi connectivity index (χ4n) is 3.08. The van der Waals surface area contributed by atoms with Gasteiger partial charge in [-0.15, -0.1) is 0 Å². The van der Waals surface area contributed by atoms with Gasteiger partial charge in [0.2, 0.25) is 5.91 Å². The summed E-state index contributed by atoms with van der Waals surface area (Å²) in [4.78, 5) is 12.5. The smallest absolute Gasteiger partial charge is 0.227 e. The molecular formula is C19H24N2O2. The van der Waals surface area contributed by atoms with E-state index in [4.69, 9.17) is 4.74 Å². The first-order valence-corrected chi connectivity index (χ1v) is 8.26. The first-order chi connectivity index (χ1) is 11.2. The van der Waals surface area contributed by atoms with Gasteiger partial charge < -0.3 is 15.4 Å². The second-order valence-corrected chi connectivity index (χ2v) is 6.23. The lowest BCUT2D eigenvalue weighted by atomic mass is 9.96. The topological polar surface area (TPSA) is 50.4 Å². The number of hydrogen-bond donors (Lipinski definition) is 2. The van der Waals surface area contributed by atoms with Crippen molar-refractivity contribution < 1.29 is 9.53 Å². The Bertz CT molecular complexity index is 693. The summed E-state index contributed by atoms with van der Waals surface area (Å²) in [5, 5.41) is 8.75. The number of rotatable bonds is 4. The minimum absolute atomic E-state index is 0.116. The molecule has 3 rings (SSSR count). The standard InChI is InChI=1S/C19H24N2O2/c1-13(19(22)21-17-7-9-20-10-8-17)14-3-4-16-12-18(23-2)6-5-15(16)11-14/h3-6,11-13,17,20H,7-10H2,1-2H3,(H,21,22). The summed E-state index contributed by atoms with van der Waals surface area (Å²) in [6.45, 7) is 3.94. The summed E-state index contributed by atoms with van der Waals surface area (Å²) in [5.74, 6) is 0.822. The molecule has 2 aromatic carbocycles. The van der Waals surface area contributed by atoms with Crippen LogP contribution in [0.25, 0.3) is 10.8 Å². The minimum Gasteiger partial charge on any atom is -0.497 e. The molecule has 1 atom stereocenters. The van der Waals surface area contributed by atoms with E-state index in [0.29, 0.717) is 6.04 Å². The zero-order chi connectivity index (χ0) is 16.2. The van der Waals surface area contributed by atoms with Crippen LogP contribution in [-0.2, 0) is 4.79 Å². The zero-order valence-electron chi connectivity index (χ0n) is 13.8. The number of amides is 1. The molecule has 4 heteroatoms. The van der Waals surface area contributed by atoms with Crippen LogP contribution in [0.3, 0.4) is 0 Å². The molecular weight excluding hydrogens is 288 g/mol. The number of ether oxygens (including phenoxy) is 1. The molecule has 0 radical (unpaired) electrons. The zero-order valence-corrected chi connectivity index (χ0v) is 13.8. The van der Waals surface area contributed by atoms with Crippen molar-refractivity contribution >= 4 is 16.7 Å². The van der Waals surface area contributed by atoms with E-state index >= 15 is 0 Å². The minimum atomic E-state index is -0.142. The van der Waals surface area contributed by atoms with Gasteiger partial charge in [0, 0.05) is 6.04 Å². The molecule has 0 spiro atoms. The summed E-state index contributed by atoms with van der Waals surface area (Å²) in [6, 6.07) is 12.5. The van der Waals surface area contributed by atoms with Crippen LogP contribution in [0.5, 0.6) is 5.75 Å². The lowest BCUT2D eigenvalue weighted by Crippen LogP contribution is -2.44. The summed E-state index contributed by atoms with van der Waals surface area (Å²) in [5.41, 5.74) is 1.05. The van der Waals surface area contributed by atoms with E-state index in [-0.39, 0.29) is 11.8 Å². The quantitative estimate of drug-likeness (QED) is 0.913. The number of methoxy groups -OCH3 is 1. The molecule has 1 fully saturated rings. The van der Waals surface area contributed by atoms with Crippen LogP contribution >= 0.6 is 0 Å². The van der Waals surface area contributed by atoms with Crippen LogP contribution in [0.4, 0.5) is 0 Å². The van der Waals surface area contributed by atoms with Crippen LogP contribution in [0, 0.1) is 0 Å². The van der Waals surface area contributed by atoms with E-state index in [1.165, 1.54) is 0 Å². The fraction of sp³-hybridized carbons (Fsp3) is 0.421. The molecule has 0 saturated carbocycles. The molecule has 1 unspecified atom stereocenters. The average Bonchev–Trinajstić information content (AvgIpc) is 2.61. The van der Waals surface area contributed by atoms with Crippen molar-refractivity contribution in [2.24, 2.45) is 0 Å². The van der Waals surface area contributed by atoms with Gasteiger partial charge in [0.25, 0.3) is 0 Å². The molecule has 1 saturated heterocycles. The molecule has 2 N–H and O–H groups in total. The molecule has 1 heterocycles. The van der Waals surface area contributed by atoms with E-state index in [1.54, 1.807) is 7.11 Å². The van der Waals surface area contributed by atoms with Crippen LogP contribution in [0.2, 0.25) is 0 Å². The van der Waals surface area contributed by atoms with Gasteiger partial charge in [0.15, 0.2) is 0 Å². The highest BCUT2D eigenvalue weighted by molar-refractivity contribution is 5.88. The van der Waals surface area contributed by atoms with Gasteiger partial charge in [0.05, 0.1) is 13.0 Å². The van der Waals surface area contributed by atoms with Gasteiger partial charge in [-0.25, -0.2) is 0 Å². The van der Waals surface area contributed by atoms with Crippen molar-refractivity contribution in [2.75, 3.05) is 20.2 Å². The van der Waals surface area contributed by atoms with E-state index in [0.717, 1.165) is 48.0 Å². The Morgan fingerprint density at radius 2 is 1.87 bits per heavy atom. The van der Waals surface area contributed by atoms with Gasteiger partial charge in [-0.05, 0) is 61.3 Å². The van der Waals surface area contributed by atoms with Crippen LogP contribution in [0.15, 0.2) is 36.4 Å². The van der Waals surface area contributed by atoms with E-state index in [9.17, 15) is 4.79 Å². The third kappa shape index (κ3) is 3.64. The van der Waals surface area contributed by atoms with Crippen LogP contribution < -0.4 is 15.4 Å². The van der Waals surface area contributed by atoms with E-state index in [1.807, 2.05) is 31.2 Å². The van der Waals surface area contributed by atoms with Crippen molar-refractivity contribution in [3.8, 4) is 5.75 Å². The number of fused-ring (bicyclic) bond motifs is 1. The number of carbonyl (C=O) groups excluding carboxylic acids is 1. The summed E-state index contributed by atoms with van der Waals surface area (Å²) >= 11 is 0. The number of nitrogens with one attached hydrogen (secondary N) is 2. The van der Waals surface area contributed by atoms with Crippen molar-refractivity contribution in [3.63, 3.8) is 0 Å². The maximum atomic E-state index is 12.5. The Morgan fingerprint density at radius 3 is 2.61 bits per heavy atom. The molecule has 0 bridgehead atoms. The van der Waals surface area contributed by atoms with Gasteiger partial charge in [-0.2, -0.15) is 0 Å². The van der Waals surface area contributed by atoms with E-state index < -0.39 is 0 Å². The molecule has 2 aromatic rings. The average molecular weight is 312 g/mol. The predicted molar refractivity (Wildman–Crippen MR) is 92.9 cm³/mol. The van der Waals surface area contributed by atoms with Crippen LogP contribution in [0.1, 0.15) is 31.2 Å². The molecule has 1 aliphatic rings. The maximum Gasteiger partial charge on any atom is 0.227 e. The Labute approximate surface area is 137 Å². The second kappa shape index (κ2) is 7.01. The normalized spacial score (nSPS) is 17.0. The number of carbonyl (C=O) groups is 1. The van der Waals surface area contributed by atoms with Gasteiger partial charge >= 0.3 is 0 Å². The van der Waals surface area contributed by atoms with Crippen molar-refractivity contribution in [3.05, 3.63) is 42.0 Å². The summed E-state index contributed by atoms with van der Waals surface area (Å²) < 4.78 is 5.25. The Kier molecular flexibility index (Phi) is 4.82. The molecule has 122 valence electrons. The first kappa shape index (κ1) is 15.8. The summed E-state index contributed by atoms with van der Waals surface area (Å²) in [6.07, 6.45) is 2.02. The SMILES string of the molecule is COc1ccc2cc(C(C)C(=O)NC3CCNCC3)ccc2c1. The molecule has 0 aliphatic carbocycles. The highest BCUT2D eigenvalue weighted by atomic mass is 16.5. The molecule has 1 aliphatic heterocycles. The Hall–Kier alpha value is -2.07. The van der Waals surface area contributed by atoms with Crippen LogP contribution in [-0.4, -0.2) is 32.1 Å². The molecule has 0 aromatic heterocycles.